The second kappa shape index (κ2) is 5.37. The Labute approximate surface area is 97.3 Å². The lowest BCUT2D eigenvalue weighted by atomic mass is 10.3. The van der Waals surface area contributed by atoms with E-state index in [1.54, 1.807) is 0 Å². The van der Waals surface area contributed by atoms with Gasteiger partial charge in [-0.3, -0.25) is 0 Å². The Kier molecular flexibility index (Phi) is 3.61. The van der Waals surface area contributed by atoms with E-state index < -0.39 is 9.28 Å². The van der Waals surface area contributed by atoms with Crippen molar-refractivity contribution in [2.45, 2.75) is 6.55 Å². The van der Waals surface area contributed by atoms with Crippen LogP contribution in [0.15, 0.2) is 60.7 Å². The Morgan fingerprint density at radius 1 is 0.688 bits per heavy atom. The minimum absolute atomic E-state index is 0.873. The molecule has 16 heavy (non-hydrogen) atoms. The van der Waals surface area contributed by atoms with E-state index in [2.05, 4.69) is 0 Å². The highest BCUT2D eigenvalue weighted by molar-refractivity contribution is 6.44. The van der Waals surface area contributed by atoms with Crippen LogP contribution in [-0.4, -0.2) is 9.28 Å². The third-order valence-corrected chi connectivity index (χ3v) is 3.30. The number of para-hydroxylation sites is 2. The van der Waals surface area contributed by atoms with Crippen LogP contribution in [0.2, 0.25) is 6.55 Å². The highest BCUT2D eigenvalue weighted by atomic mass is 28.3. The van der Waals surface area contributed by atoms with Crippen molar-refractivity contribution in [2.75, 3.05) is 0 Å². The fourth-order valence-electron chi connectivity index (χ4n) is 1.41. The van der Waals surface area contributed by atoms with E-state index in [0.29, 0.717) is 0 Å². The molecule has 0 saturated carbocycles. The monoisotopic (exact) mass is 230 g/mol. The van der Waals surface area contributed by atoms with E-state index in [-0.39, 0.29) is 0 Å². The zero-order valence-electron chi connectivity index (χ0n) is 9.17. The normalized spacial score (nSPS) is 10.1. The van der Waals surface area contributed by atoms with Crippen molar-refractivity contribution >= 4 is 9.28 Å². The average molecular weight is 230 g/mol. The van der Waals surface area contributed by atoms with E-state index >= 15 is 0 Å². The quantitative estimate of drug-likeness (QED) is 0.752. The van der Waals surface area contributed by atoms with Gasteiger partial charge in [0, 0.05) is 0 Å². The van der Waals surface area contributed by atoms with Crippen molar-refractivity contribution in [2.24, 2.45) is 0 Å². The first-order valence-corrected chi connectivity index (χ1v) is 7.38. The molecule has 0 fully saturated rings. The Morgan fingerprint density at radius 2 is 1.06 bits per heavy atom. The van der Waals surface area contributed by atoms with Gasteiger partial charge < -0.3 is 8.85 Å². The van der Waals surface area contributed by atoms with Crippen molar-refractivity contribution in [3.8, 4) is 11.5 Å². The third kappa shape index (κ3) is 3.14. The lowest BCUT2D eigenvalue weighted by Crippen LogP contribution is -2.25. The molecule has 0 aliphatic carbocycles. The predicted molar refractivity (Wildman–Crippen MR) is 67.2 cm³/mol. The van der Waals surface area contributed by atoms with E-state index in [4.69, 9.17) is 8.85 Å². The first-order valence-electron chi connectivity index (χ1n) is 5.28. The van der Waals surface area contributed by atoms with Crippen LogP contribution in [0.5, 0.6) is 11.5 Å². The van der Waals surface area contributed by atoms with E-state index in [0.717, 1.165) is 11.5 Å². The molecule has 0 radical (unpaired) electrons. The standard InChI is InChI=1S/C13H14O2Si/c1-16(14-12-8-4-2-5-9-12)15-13-10-6-3-7-11-13/h2-11,16H,1H3. The molecule has 0 heterocycles. The lowest BCUT2D eigenvalue weighted by Gasteiger charge is -2.15. The van der Waals surface area contributed by atoms with Gasteiger partial charge in [-0.05, 0) is 30.8 Å². The van der Waals surface area contributed by atoms with Gasteiger partial charge in [0.2, 0.25) is 0 Å². The molecule has 2 aromatic carbocycles. The van der Waals surface area contributed by atoms with Crippen LogP contribution in [0.4, 0.5) is 0 Å². The largest absolute Gasteiger partial charge is 0.514 e. The van der Waals surface area contributed by atoms with Crippen LogP contribution in [0.25, 0.3) is 0 Å². The summed E-state index contributed by atoms with van der Waals surface area (Å²) in [6, 6.07) is 19.5. The van der Waals surface area contributed by atoms with Crippen molar-refractivity contribution in [1.82, 2.24) is 0 Å². The van der Waals surface area contributed by atoms with Gasteiger partial charge in [0.25, 0.3) is 0 Å². The Balaban J connectivity index is 1.92. The Hall–Kier alpha value is -1.74. The fourth-order valence-corrected chi connectivity index (χ4v) is 2.53. The fraction of sp³-hybridized carbons (Fsp3) is 0.0769. The van der Waals surface area contributed by atoms with Gasteiger partial charge >= 0.3 is 9.28 Å². The lowest BCUT2D eigenvalue weighted by molar-refractivity contribution is 0.431. The topological polar surface area (TPSA) is 18.5 Å². The summed E-state index contributed by atoms with van der Waals surface area (Å²) in [6.45, 7) is 2.01. The van der Waals surface area contributed by atoms with Gasteiger partial charge in [0.15, 0.2) is 0 Å². The molecule has 0 aromatic heterocycles. The maximum Gasteiger partial charge on any atom is 0.440 e. The van der Waals surface area contributed by atoms with Crippen LogP contribution >= 0.6 is 0 Å². The maximum absolute atomic E-state index is 5.73. The molecule has 0 aliphatic rings. The van der Waals surface area contributed by atoms with Gasteiger partial charge in [-0.25, -0.2) is 0 Å². The van der Waals surface area contributed by atoms with Crippen LogP contribution in [-0.2, 0) is 0 Å². The average Bonchev–Trinajstić information content (AvgIpc) is 2.31. The van der Waals surface area contributed by atoms with Gasteiger partial charge in [-0.1, -0.05) is 36.4 Å². The van der Waals surface area contributed by atoms with Crippen LogP contribution in [0, 0.1) is 0 Å². The van der Waals surface area contributed by atoms with Gasteiger partial charge in [0.1, 0.15) is 11.5 Å². The van der Waals surface area contributed by atoms with E-state index in [1.807, 2.05) is 67.2 Å². The van der Waals surface area contributed by atoms with Crippen molar-refractivity contribution in [3.63, 3.8) is 0 Å². The summed E-state index contributed by atoms with van der Waals surface area (Å²) in [6.07, 6.45) is 0. The van der Waals surface area contributed by atoms with Gasteiger partial charge in [0.05, 0.1) is 0 Å². The molecule has 0 N–H and O–H groups in total. The highest BCUT2D eigenvalue weighted by Crippen LogP contribution is 2.13. The van der Waals surface area contributed by atoms with Crippen LogP contribution in [0.3, 0.4) is 0 Å². The number of benzene rings is 2. The van der Waals surface area contributed by atoms with Crippen molar-refractivity contribution in [3.05, 3.63) is 60.7 Å². The number of rotatable bonds is 4. The summed E-state index contributed by atoms with van der Waals surface area (Å²) in [5, 5.41) is 0. The first kappa shape index (κ1) is 10.8. The highest BCUT2D eigenvalue weighted by Gasteiger charge is 2.08. The third-order valence-electron chi connectivity index (χ3n) is 2.09. The minimum atomic E-state index is -1.66. The minimum Gasteiger partial charge on any atom is -0.514 e. The molecule has 0 amide bonds. The summed E-state index contributed by atoms with van der Waals surface area (Å²) < 4.78 is 11.5. The van der Waals surface area contributed by atoms with E-state index in [9.17, 15) is 0 Å². The smallest absolute Gasteiger partial charge is 0.440 e. The molecule has 0 aliphatic heterocycles. The Bertz CT molecular complexity index is 375. The molecule has 82 valence electrons. The molecule has 2 aromatic rings. The summed E-state index contributed by atoms with van der Waals surface area (Å²) >= 11 is 0. The Morgan fingerprint density at radius 3 is 1.44 bits per heavy atom. The first-order chi connectivity index (χ1) is 7.84. The molecule has 0 atom stereocenters. The van der Waals surface area contributed by atoms with Gasteiger partial charge in [-0.15, -0.1) is 0 Å². The van der Waals surface area contributed by atoms with E-state index in [1.165, 1.54) is 0 Å². The van der Waals surface area contributed by atoms with Crippen molar-refractivity contribution < 1.29 is 8.85 Å². The molecule has 2 rings (SSSR count). The second-order valence-corrected chi connectivity index (χ2v) is 5.04. The molecule has 2 nitrogen and oxygen atoms in total. The zero-order valence-corrected chi connectivity index (χ0v) is 10.3. The summed E-state index contributed by atoms with van der Waals surface area (Å²) in [5.41, 5.74) is 0. The summed E-state index contributed by atoms with van der Waals surface area (Å²) in [5.74, 6) is 1.75. The summed E-state index contributed by atoms with van der Waals surface area (Å²) in [7, 11) is -1.66. The number of hydrogen-bond donors (Lipinski definition) is 0. The van der Waals surface area contributed by atoms with Crippen LogP contribution in [0.1, 0.15) is 0 Å². The molecule has 0 saturated heterocycles. The van der Waals surface area contributed by atoms with Crippen LogP contribution < -0.4 is 8.85 Å². The predicted octanol–water partition coefficient (Wildman–Crippen LogP) is 2.99. The van der Waals surface area contributed by atoms with Gasteiger partial charge in [-0.2, -0.15) is 0 Å². The molecule has 0 spiro atoms. The summed E-state index contributed by atoms with van der Waals surface area (Å²) in [4.78, 5) is 0. The second-order valence-electron chi connectivity index (χ2n) is 3.43. The molecule has 0 bridgehead atoms. The SMILES string of the molecule is C[SiH](Oc1ccccc1)Oc1ccccc1. The molecular formula is C13H14O2Si. The molecule has 0 unspecified atom stereocenters. The maximum atomic E-state index is 5.73. The number of hydrogen-bond acceptors (Lipinski definition) is 2. The molecular weight excluding hydrogens is 216 g/mol. The zero-order chi connectivity index (χ0) is 11.2. The van der Waals surface area contributed by atoms with Crippen molar-refractivity contribution in [1.29, 1.82) is 0 Å². The molecule has 3 heteroatoms.